The molecule has 1 amide bonds. The van der Waals surface area contributed by atoms with E-state index in [0.29, 0.717) is 5.92 Å². The summed E-state index contributed by atoms with van der Waals surface area (Å²) in [7, 11) is 0. The van der Waals surface area contributed by atoms with Crippen molar-refractivity contribution in [2.75, 3.05) is 6.54 Å². The molecule has 4 heteroatoms. The molecule has 2 heterocycles. The summed E-state index contributed by atoms with van der Waals surface area (Å²) < 4.78 is 5.29. The van der Waals surface area contributed by atoms with Crippen molar-refractivity contribution in [3.8, 4) is 0 Å². The number of aryl methyl sites for hydroxylation is 1. The quantitative estimate of drug-likeness (QED) is 0.856. The number of hydrogen-bond acceptors (Lipinski definition) is 3. The molecule has 0 radical (unpaired) electrons. The molecule has 4 nitrogen and oxygen atoms in total. The zero-order chi connectivity index (χ0) is 13.7. The molecule has 2 rings (SSSR count). The monoisotopic (exact) mass is 264 g/mol. The van der Waals surface area contributed by atoms with Crippen LogP contribution in [0.25, 0.3) is 0 Å². The molecular formula is C15H24N2O2. The highest BCUT2D eigenvalue weighted by Crippen LogP contribution is 2.15. The predicted octanol–water partition coefficient (Wildman–Crippen LogP) is 2.10. The summed E-state index contributed by atoms with van der Waals surface area (Å²) in [5, 5.41) is 6.38. The number of carbonyl (C=O) groups is 1. The van der Waals surface area contributed by atoms with E-state index in [1.54, 1.807) is 6.26 Å². The van der Waals surface area contributed by atoms with Gasteiger partial charge in [-0.2, -0.15) is 0 Å². The Kier molecular flexibility index (Phi) is 5.02. The average Bonchev–Trinajstić information content (AvgIpc) is 2.89. The maximum atomic E-state index is 12.1. The molecule has 0 spiro atoms. The van der Waals surface area contributed by atoms with E-state index in [0.717, 1.165) is 38.0 Å². The van der Waals surface area contributed by atoms with E-state index in [1.165, 1.54) is 0 Å². The van der Waals surface area contributed by atoms with E-state index in [2.05, 4.69) is 17.6 Å². The lowest BCUT2D eigenvalue weighted by atomic mass is 9.93. The van der Waals surface area contributed by atoms with E-state index in [9.17, 15) is 4.79 Å². The first kappa shape index (κ1) is 14.1. The molecule has 1 aliphatic heterocycles. The molecule has 3 unspecified atom stereocenters. The van der Waals surface area contributed by atoms with Gasteiger partial charge in [0.25, 0.3) is 0 Å². The molecule has 0 saturated carbocycles. The molecule has 0 aromatic carbocycles. The van der Waals surface area contributed by atoms with E-state index < -0.39 is 0 Å². The first-order chi connectivity index (χ1) is 9.15. The average molecular weight is 264 g/mol. The summed E-state index contributed by atoms with van der Waals surface area (Å²) in [4.78, 5) is 12.1. The summed E-state index contributed by atoms with van der Waals surface area (Å²) in [6.07, 6.45) is 5.56. The largest absolute Gasteiger partial charge is 0.469 e. The van der Waals surface area contributed by atoms with Crippen molar-refractivity contribution < 1.29 is 9.21 Å². The number of furan rings is 1. The normalized spacial score (nSPS) is 24.9. The van der Waals surface area contributed by atoms with E-state index in [4.69, 9.17) is 4.42 Å². The third kappa shape index (κ3) is 4.39. The third-order valence-corrected chi connectivity index (χ3v) is 3.77. The molecule has 106 valence electrons. The van der Waals surface area contributed by atoms with Crippen molar-refractivity contribution in [1.82, 2.24) is 10.6 Å². The number of amides is 1. The number of carbonyl (C=O) groups excluding carboxylic acids is 1. The Morgan fingerprint density at radius 1 is 1.63 bits per heavy atom. The van der Waals surface area contributed by atoms with Gasteiger partial charge in [-0.3, -0.25) is 4.79 Å². The summed E-state index contributed by atoms with van der Waals surface area (Å²) in [5.74, 6) is 1.75. The summed E-state index contributed by atoms with van der Waals surface area (Å²) in [6, 6.07) is 4.02. The van der Waals surface area contributed by atoms with Gasteiger partial charge in [0.05, 0.1) is 12.3 Å². The van der Waals surface area contributed by atoms with Crippen LogP contribution in [-0.4, -0.2) is 24.5 Å². The van der Waals surface area contributed by atoms with Gasteiger partial charge in [0.15, 0.2) is 0 Å². The smallest absolute Gasteiger partial charge is 0.237 e. The number of hydrogen-bond donors (Lipinski definition) is 2. The van der Waals surface area contributed by atoms with Crippen LogP contribution >= 0.6 is 0 Å². The Hall–Kier alpha value is -1.29. The fraction of sp³-hybridized carbons (Fsp3) is 0.667. The fourth-order valence-electron chi connectivity index (χ4n) is 2.54. The third-order valence-electron chi connectivity index (χ3n) is 3.77. The van der Waals surface area contributed by atoms with Crippen LogP contribution in [-0.2, 0) is 11.2 Å². The molecule has 2 N–H and O–H groups in total. The van der Waals surface area contributed by atoms with E-state index in [-0.39, 0.29) is 18.0 Å². The van der Waals surface area contributed by atoms with Crippen molar-refractivity contribution >= 4 is 5.91 Å². The van der Waals surface area contributed by atoms with Gasteiger partial charge in [0, 0.05) is 12.5 Å². The summed E-state index contributed by atoms with van der Waals surface area (Å²) in [5.41, 5.74) is 0. The molecule has 1 aromatic rings. The van der Waals surface area contributed by atoms with Crippen LogP contribution in [0.15, 0.2) is 22.8 Å². The van der Waals surface area contributed by atoms with Gasteiger partial charge in [-0.1, -0.05) is 6.92 Å². The zero-order valence-electron chi connectivity index (χ0n) is 11.8. The highest BCUT2D eigenvalue weighted by Gasteiger charge is 2.25. The van der Waals surface area contributed by atoms with Crippen LogP contribution in [0.2, 0.25) is 0 Å². The van der Waals surface area contributed by atoms with Gasteiger partial charge < -0.3 is 15.1 Å². The highest BCUT2D eigenvalue weighted by atomic mass is 16.3. The molecule has 3 atom stereocenters. The minimum Gasteiger partial charge on any atom is -0.469 e. The Labute approximate surface area is 114 Å². The molecule has 1 aliphatic rings. The maximum absolute atomic E-state index is 12.1. The Bertz CT molecular complexity index is 389. The van der Waals surface area contributed by atoms with Gasteiger partial charge in [0.2, 0.25) is 5.91 Å². The molecule has 1 fully saturated rings. The van der Waals surface area contributed by atoms with Crippen molar-refractivity contribution in [3.05, 3.63) is 24.2 Å². The fourth-order valence-corrected chi connectivity index (χ4v) is 2.54. The second-order valence-corrected chi connectivity index (χ2v) is 5.66. The molecule has 1 aromatic heterocycles. The van der Waals surface area contributed by atoms with Gasteiger partial charge in [0.1, 0.15) is 5.76 Å². The van der Waals surface area contributed by atoms with Crippen LogP contribution in [0.1, 0.15) is 38.9 Å². The Morgan fingerprint density at radius 2 is 2.47 bits per heavy atom. The Balaban J connectivity index is 1.72. The van der Waals surface area contributed by atoms with Gasteiger partial charge >= 0.3 is 0 Å². The predicted molar refractivity (Wildman–Crippen MR) is 74.8 cm³/mol. The van der Waals surface area contributed by atoms with Crippen LogP contribution in [0.3, 0.4) is 0 Å². The first-order valence-corrected chi connectivity index (χ1v) is 7.21. The van der Waals surface area contributed by atoms with Crippen LogP contribution in [0.4, 0.5) is 0 Å². The summed E-state index contributed by atoms with van der Waals surface area (Å²) in [6.45, 7) is 5.20. The molecule has 0 bridgehead atoms. The highest BCUT2D eigenvalue weighted by molar-refractivity contribution is 5.82. The zero-order valence-corrected chi connectivity index (χ0v) is 11.8. The number of rotatable bonds is 5. The Morgan fingerprint density at radius 3 is 3.16 bits per heavy atom. The van der Waals surface area contributed by atoms with Gasteiger partial charge in [-0.15, -0.1) is 0 Å². The second-order valence-electron chi connectivity index (χ2n) is 5.66. The van der Waals surface area contributed by atoms with Gasteiger partial charge in [-0.05, 0) is 50.8 Å². The number of nitrogens with one attached hydrogen (secondary N) is 2. The van der Waals surface area contributed by atoms with Gasteiger partial charge in [-0.25, -0.2) is 0 Å². The SMILES string of the molecule is CC1CCNC(C(=O)NC(C)CCc2ccco2)C1. The lowest BCUT2D eigenvalue weighted by Crippen LogP contribution is -2.50. The lowest BCUT2D eigenvalue weighted by molar-refractivity contribution is -0.124. The lowest BCUT2D eigenvalue weighted by Gasteiger charge is -2.28. The molecule has 19 heavy (non-hydrogen) atoms. The molecular weight excluding hydrogens is 240 g/mol. The van der Waals surface area contributed by atoms with Crippen molar-refractivity contribution in [3.63, 3.8) is 0 Å². The first-order valence-electron chi connectivity index (χ1n) is 7.21. The van der Waals surface area contributed by atoms with E-state index in [1.807, 2.05) is 19.1 Å². The van der Waals surface area contributed by atoms with E-state index >= 15 is 0 Å². The topological polar surface area (TPSA) is 54.3 Å². The van der Waals surface area contributed by atoms with Crippen molar-refractivity contribution in [2.45, 2.75) is 51.6 Å². The standard InChI is InChI=1S/C15H24N2O2/c1-11-7-8-16-14(10-11)15(18)17-12(2)5-6-13-4-3-9-19-13/h3-4,9,11-12,14,16H,5-8,10H2,1-2H3,(H,17,18). The minimum absolute atomic E-state index is 0.0187. The summed E-state index contributed by atoms with van der Waals surface area (Å²) >= 11 is 0. The van der Waals surface area contributed by atoms with Crippen LogP contribution in [0, 0.1) is 5.92 Å². The maximum Gasteiger partial charge on any atom is 0.237 e. The molecule has 1 saturated heterocycles. The molecule has 0 aliphatic carbocycles. The van der Waals surface area contributed by atoms with Crippen LogP contribution in [0.5, 0.6) is 0 Å². The second kappa shape index (κ2) is 6.75. The minimum atomic E-state index is -0.0187. The van der Waals surface area contributed by atoms with Crippen molar-refractivity contribution in [1.29, 1.82) is 0 Å². The number of piperidine rings is 1. The van der Waals surface area contributed by atoms with Crippen LogP contribution < -0.4 is 10.6 Å². The van der Waals surface area contributed by atoms with Crippen molar-refractivity contribution in [2.24, 2.45) is 5.92 Å².